The van der Waals surface area contributed by atoms with Crippen molar-refractivity contribution in [2.24, 2.45) is 5.92 Å². The normalized spacial score (nSPS) is 16.4. The molecule has 2 heterocycles. The summed E-state index contributed by atoms with van der Waals surface area (Å²) in [5.41, 5.74) is 5.85. The van der Waals surface area contributed by atoms with E-state index in [1.54, 1.807) is 7.11 Å². The lowest BCUT2D eigenvalue weighted by Crippen LogP contribution is -2.39. The third-order valence-corrected chi connectivity index (χ3v) is 4.50. The maximum atomic E-state index is 12.5. The summed E-state index contributed by atoms with van der Waals surface area (Å²) >= 11 is 1.33. The first-order valence-electron chi connectivity index (χ1n) is 6.94. The average molecular weight is 298 g/mol. The van der Waals surface area contributed by atoms with Crippen LogP contribution >= 0.6 is 11.3 Å². The van der Waals surface area contributed by atoms with Gasteiger partial charge in [-0.25, -0.2) is 4.98 Å². The summed E-state index contributed by atoms with van der Waals surface area (Å²) in [4.78, 5) is 19.1. The van der Waals surface area contributed by atoms with Crippen molar-refractivity contribution in [3.63, 3.8) is 0 Å². The van der Waals surface area contributed by atoms with E-state index in [9.17, 15) is 4.79 Å². The Morgan fingerprint density at radius 1 is 1.55 bits per heavy atom. The molecule has 1 aromatic heterocycles. The van der Waals surface area contributed by atoms with E-state index in [1.165, 1.54) is 11.3 Å². The predicted octanol–water partition coefficient (Wildman–Crippen LogP) is 1.66. The highest BCUT2D eigenvalue weighted by Crippen LogP contribution is 2.28. The fourth-order valence-electron chi connectivity index (χ4n) is 2.39. The largest absolute Gasteiger partial charge is 0.384 e. The molecular weight excluding hydrogens is 276 g/mol. The van der Waals surface area contributed by atoms with E-state index in [4.69, 9.17) is 10.5 Å². The lowest BCUT2D eigenvalue weighted by molar-refractivity contribution is 0.0618. The quantitative estimate of drug-likeness (QED) is 0.864. The molecule has 1 aliphatic rings. The van der Waals surface area contributed by atoms with Gasteiger partial charge in [0.2, 0.25) is 0 Å². The third kappa shape index (κ3) is 3.40. The SMILES string of the molecule is CCNc1nc(N)c(C(=O)N2CCC(COC)CC2)s1. The van der Waals surface area contributed by atoms with Crippen LogP contribution in [0.15, 0.2) is 0 Å². The maximum absolute atomic E-state index is 12.5. The van der Waals surface area contributed by atoms with Crippen LogP contribution < -0.4 is 11.1 Å². The molecule has 1 saturated heterocycles. The Morgan fingerprint density at radius 2 is 2.25 bits per heavy atom. The van der Waals surface area contributed by atoms with E-state index in [0.717, 1.165) is 39.1 Å². The summed E-state index contributed by atoms with van der Waals surface area (Å²) < 4.78 is 5.17. The van der Waals surface area contributed by atoms with Gasteiger partial charge in [0, 0.05) is 33.4 Å². The molecule has 0 radical (unpaired) electrons. The van der Waals surface area contributed by atoms with Crippen molar-refractivity contribution < 1.29 is 9.53 Å². The molecule has 0 aromatic carbocycles. The van der Waals surface area contributed by atoms with Crippen LogP contribution in [0, 0.1) is 5.92 Å². The molecule has 112 valence electrons. The maximum Gasteiger partial charge on any atom is 0.267 e. The summed E-state index contributed by atoms with van der Waals surface area (Å²) in [6.07, 6.45) is 1.97. The molecule has 3 N–H and O–H groups in total. The van der Waals surface area contributed by atoms with E-state index in [1.807, 2.05) is 11.8 Å². The molecule has 1 aromatic rings. The zero-order chi connectivity index (χ0) is 14.5. The summed E-state index contributed by atoms with van der Waals surface area (Å²) in [7, 11) is 1.72. The average Bonchev–Trinajstić information content (AvgIpc) is 2.80. The molecular formula is C13H22N4O2S. The number of carbonyl (C=O) groups excluding carboxylic acids is 1. The standard InChI is InChI=1S/C13H22N4O2S/c1-3-15-13-16-11(14)10(20-13)12(18)17-6-4-9(5-7-17)8-19-2/h9H,3-8,14H2,1-2H3,(H,15,16). The first-order chi connectivity index (χ1) is 9.65. The smallest absolute Gasteiger partial charge is 0.267 e. The van der Waals surface area contributed by atoms with Gasteiger partial charge in [-0.1, -0.05) is 11.3 Å². The second-order valence-electron chi connectivity index (χ2n) is 4.95. The zero-order valence-corrected chi connectivity index (χ0v) is 12.8. The number of nitrogens with one attached hydrogen (secondary N) is 1. The van der Waals surface area contributed by atoms with Crippen molar-refractivity contribution in [1.29, 1.82) is 0 Å². The zero-order valence-electron chi connectivity index (χ0n) is 12.0. The van der Waals surface area contributed by atoms with Crippen molar-refractivity contribution in [3.05, 3.63) is 4.88 Å². The molecule has 0 aliphatic carbocycles. The van der Waals surface area contributed by atoms with Gasteiger partial charge in [-0.15, -0.1) is 0 Å². The Kier molecular flexibility index (Phi) is 5.19. The number of carbonyl (C=O) groups is 1. The minimum atomic E-state index is 0.0000184. The summed E-state index contributed by atoms with van der Waals surface area (Å²) in [6, 6.07) is 0. The van der Waals surface area contributed by atoms with E-state index >= 15 is 0 Å². The van der Waals surface area contributed by atoms with Crippen molar-refractivity contribution in [3.8, 4) is 0 Å². The van der Waals surface area contributed by atoms with Gasteiger partial charge in [0.05, 0.1) is 0 Å². The Bertz CT molecular complexity index is 455. The van der Waals surface area contributed by atoms with E-state index in [-0.39, 0.29) is 5.91 Å². The van der Waals surface area contributed by atoms with Crippen molar-refractivity contribution in [2.75, 3.05) is 44.4 Å². The first-order valence-corrected chi connectivity index (χ1v) is 7.75. The van der Waals surface area contributed by atoms with Gasteiger partial charge in [0.1, 0.15) is 10.7 Å². The topological polar surface area (TPSA) is 80.5 Å². The third-order valence-electron chi connectivity index (χ3n) is 3.48. The van der Waals surface area contributed by atoms with Crippen LogP contribution in [0.2, 0.25) is 0 Å². The fourth-order valence-corrected chi connectivity index (χ4v) is 3.31. The van der Waals surface area contributed by atoms with Gasteiger partial charge in [0.15, 0.2) is 5.13 Å². The monoisotopic (exact) mass is 298 g/mol. The summed E-state index contributed by atoms with van der Waals surface area (Å²) in [6.45, 7) is 5.05. The highest BCUT2D eigenvalue weighted by Gasteiger charge is 2.26. The number of anilines is 2. The molecule has 1 amide bonds. The molecule has 1 fully saturated rings. The van der Waals surface area contributed by atoms with Gasteiger partial charge in [-0.05, 0) is 25.7 Å². The number of nitrogens with zero attached hydrogens (tertiary/aromatic N) is 2. The molecule has 7 heteroatoms. The number of aromatic nitrogens is 1. The molecule has 0 bridgehead atoms. The van der Waals surface area contributed by atoms with Crippen LogP contribution in [0.5, 0.6) is 0 Å². The highest BCUT2D eigenvalue weighted by molar-refractivity contribution is 7.18. The molecule has 1 aliphatic heterocycles. The number of methoxy groups -OCH3 is 1. The number of likely N-dealkylation sites (tertiary alicyclic amines) is 1. The van der Waals surface area contributed by atoms with Gasteiger partial charge >= 0.3 is 0 Å². The molecule has 2 rings (SSSR count). The Labute approximate surface area is 123 Å². The number of nitrogen functional groups attached to an aromatic ring is 1. The van der Waals surface area contributed by atoms with Crippen molar-refractivity contribution in [2.45, 2.75) is 19.8 Å². The van der Waals surface area contributed by atoms with Gasteiger partial charge in [-0.2, -0.15) is 0 Å². The minimum absolute atomic E-state index is 0.0000184. The number of thiazole rings is 1. The minimum Gasteiger partial charge on any atom is -0.384 e. The van der Waals surface area contributed by atoms with Gasteiger partial charge in [0.25, 0.3) is 5.91 Å². The van der Waals surface area contributed by atoms with Crippen LogP contribution in [0.4, 0.5) is 10.9 Å². The van der Waals surface area contributed by atoms with Gasteiger partial charge < -0.3 is 20.7 Å². The van der Waals surface area contributed by atoms with Crippen molar-refractivity contribution >= 4 is 28.2 Å². The molecule has 20 heavy (non-hydrogen) atoms. The Balaban J connectivity index is 1.98. The van der Waals surface area contributed by atoms with Crippen LogP contribution in [-0.2, 0) is 4.74 Å². The fraction of sp³-hybridized carbons (Fsp3) is 0.692. The number of rotatable bonds is 5. The van der Waals surface area contributed by atoms with Crippen LogP contribution in [-0.4, -0.2) is 49.1 Å². The number of nitrogens with two attached hydrogens (primary N) is 1. The second-order valence-corrected chi connectivity index (χ2v) is 5.95. The molecule has 0 unspecified atom stereocenters. The lowest BCUT2D eigenvalue weighted by atomic mass is 9.98. The van der Waals surface area contributed by atoms with Crippen molar-refractivity contribution in [1.82, 2.24) is 9.88 Å². The number of amides is 1. The second kappa shape index (κ2) is 6.90. The molecule has 0 saturated carbocycles. The molecule has 0 spiro atoms. The lowest BCUT2D eigenvalue weighted by Gasteiger charge is -2.31. The van der Waals surface area contributed by atoms with Crippen LogP contribution in [0.3, 0.4) is 0 Å². The number of piperidine rings is 1. The summed E-state index contributed by atoms with van der Waals surface area (Å²) in [5, 5.41) is 3.80. The first kappa shape index (κ1) is 15.1. The highest BCUT2D eigenvalue weighted by atomic mass is 32.1. The Hall–Kier alpha value is -1.34. The van der Waals surface area contributed by atoms with Gasteiger partial charge in [-0.3, -0.25) is 4.79 Å². The van der Waals surface area contributed by atoms with Crippen LogP contribution in [0.1, 0.15) is 29.4 Å². The molecule has 0 atom stereocenters. The van der Waals surface area contributed by atoms with E-state index in [0.29, 0.717) is 21.7 Å². The van der Waals surface area contributed by atoms with E-state index < -0.39 is 0 Å². The van der Waals surface area contributed by atoms with Crippen LogP contribution in [0.25, 0.3) is 0 Å². The number of hydrogen-bond donors (Lipinski definition) is 2. The number of ether oxygens (including phenoxy) is 1. The predicted molar refractivity (Wildman–Crippen MR) is 81.2 cm³/mol. The summed E-state index contributed by atoms with van der Waals surface area (Å²) in [5.74, 6) is 0.884. The Morgan fingerprint density at radius 3 is 2.85 bits per heavy atom. The van der Waals surface area contributed by atoms with E-state index in [2.05, 4.69) is 10.3 Å². The number of hydrogen-bond acceptors (Lipinski definition) is 6. The molecule has 6 nitrogen and oxygen atoms in total.